The average Bonchev–Trinajstić information content (AvgIpc) is 3.59. The maximum atomic E-state index is 10.1. The molecule has 0 bridgehead atoms. The Balaban J connectivity index is 1.44. The second-order valence-corrected chi connectivity index (χ2v) is 13.1. The summed E-state index contributed by atoms with van der Waals surface area (Å²) in [6.07, 6.45) is 0. The molecule has 9 rings (SSSR count). The summed E-state index contributed by atoms with van der Waals surface area (Å²) in [5, 5.41) is 12.0. The van der Waals surface area contributed by atoms with Crippen LogP contribution < -0.4 is 0 Å². The highest BCUT2D eigenvalue weighted by molar-refractivity contribution is 6.12. The first-order valence-electron chi connectivity index (χ1n) is 17.7. The minimum atomic E-state index is 0.513. The lowest BCUT2D eigenvalue weighted by Gasteiger charge is -2.21. The minimum absolute atomic E-state index is 0.513. The topological polar surface area (TPSA) is 63.2 Å². The Kier molecular flexibility index (Phi) is 8.22. The smallest absolute Gasteiger partial charge is 0.188 e. The van der Waals surface area contributed by atoms with E-state index in [1.807, 2.05) is 140 Å². The quantitative estimate of drug-likeness (QED) is 0.162. The van der Waals surface area contributed by atoms with Crippen LogP contribution in [0.1, 0.15) is 5.56 Å². The molecule has 2 heterocycles. The summed E-state index contributed by atoms with van der Waals surface area (Å²) in [7, 11) is 0. The molecule has 254 valence electrons. The second kappa shape index (κ2) is 13.8. The number of rotatable bonds is 6. The molecule has 0 aliphatic rings. The lowest BCUT2D eigenvalue weighted by molar-refractivity contribution is 1.17. The fraction of sp³-hybridized carbons (Fsp3) is 0. The van der Waals surface area contributed by atoms with Crippen LogP contribution in [0.2, 0.25) is 0 Å². The number of benzene rings is 7. The molecule has 0 atom stereocenters. The summed E-state index contributed by atoms with van der Waals surface area (Å²) in [5.41, 5.74) is 12.0. The largest absolute Gasteiger partial charge is 0.308 e. The van der Waals surface area contributed by atoms with Crippen LogP contribution >= 0.6 is 0 Å². The van der Waals surface area contributed by atoms with Gasteiger partial charge in [-0.25, -0.2) is 19.7 Å². The van der Waals surface area contributed by atoms with Crippen molar-refractivity contribution in [3.8, 4) is 67.9 Å². The van der Waals surface area contributed by atoms with Gasteiger partial charge in [-0.2, -0.15) is 5.26 Å². The molecule has 0 aliphatic heterocycles. The molecule has 55 heavy (non-hydrogen) atoms. The van der Waals surface area contributed by atoms with Gasteiger partial charge in [0.15, 0.2) is 17.2 Å². The van der Waals surface area contributed by atoms with Crippen molar-refractivity contribution in [1.29, 1.82) is 5.26 Å². The van der Waals surface area contributed by atoms with Crippen molar-refractivity contribution < 1.29 is 0 Å². The Morgan fingerprint density at radius 1 is 0.473 bits per heavy atom. The fourth-order valence-corrected chi connectivity index (χ4v) is 7.31. The number of nitrogens with zero attached hydrogens (tertiary/aromatic N) is 6. The first kappa shape index (κ1) is 32.8. The van der Waals surface area contributed by atoms with Gasteiger partial charge in [0.1, 0.15) is 0 Å². The minimum Gasteiger partial charge on any atom is -0.308 e. The first-order valence-corrected chi connectivity index (χ1v) is 17.7. The molecule has 2 aromatic heterocycles. The average molecular weight is 701 g/mol. The van der Waals surface area contributed by atoms with Crippen LogP contribution in [0.25, 0.3) is 93.3 Å². The van der Waals surface area contributed by atoms with Gasteiger partial charge in [0.2, 0.25) is 0 Å². The number of hydrogen-bond donors (Lipinski definition) is 0. The Morgan fingerprint density at radius 3 is 1.69 bits per heavy atom. The van der Waals surface area contributed by atoms with E-state index in [4.69, 9.17) is 23.1 Å². The van der Waals surface area contributed by atoms with Crippen LogP contribution in [-0.2, 0) is 0 Å². The van der Waals surface area contributed by atoms with Crippen molar-refractivity contribution in [2.24, 2.45) is 0 Å². The van der Waals surface area contributed by atoms with Crippen LogP contribution in [-0.4, -0.2) is 14.5 Å². The van der Waals surface area contributed by atoms with E-state index in [9.17, 15) is 5.26 Å². The number of para-hydroxylation sites is 1. The molecular formula is C49H28N6. The van der Waals surface area contributed by atoms with E-state index in [-0.39, 0.29) is 0 Å². The number of fused-ring (bicyclic) bond motifs is 3. The molecule has 6 heteroatoms. The molecule has 9 aromatic rings. The van der Waals surface area contributed by atoms with Crippen molar-refractivity contribution in [1.82, 2.24) is 14.5 Å². The van der Waals surface area contributed by atoms with Gasteiger partial charge in [0, 0.05) is 33.2 Å². The zero-order chi connectivity index (χ0) is 37.3. The summed E-state index contributed by atoms with van der Waals surface area (Å²) in [4.78, 5) is 17.9. The van der Waals surface area contributed by atoms with E-state index < -0.39 is 0 Å². The van der Waals surface area contributed by atoms with E-state index in [1.165, 1.54) is 0 Å². The molecule has 0 amide bonds. The maximum Gasteiger partial charge on any atom is 0.188 e. The van der Waals surface area contributed by atoms with Crippen molar-refractivity contribution in [2.45, 2.75) is 0 Å². The van der Waals surface area contributed by atoms with E-state index in [0.717, 1.165) is 77.8 Å². The number of aromatic nitrogens is 3. The molecule has 7 aromatic carbocycles. The molecule has 0 fully saturated rings. The summed E-state index contributed by atoms with van der Waals surface area (Å²) < 4.78 is 2.24. The van der Waals surface area contributed by atoms with Gasteiger partial charge in [0.05, 0.1) is 52.9 Å². The summed E-state index contributed by atoms with van der Waals surface area (Å²) in [5.74, 6) is 0.538. The van der Waals surface area contributed by atoms with Gasteiger partial charge in [-0.15, -0.1) is 0 Å². The number of hydrogen-bond acceptors (Lipinski definition) is 3. The Morgan fingerprint density at radius 2 is 1.04 bits per heavy atom. The molecule has 0 N–H and O–H groups in total. The lowest BCUT2D eigenvalue weighted by atomic mass is 9.91. The summed E-state index contributed by atoms with van der Waals surface area (Å²) in [6, 6.07) is 58.0. The van der Waals surface area contributed by atoms with Crippen molar-refractivity contribution in [3.63, 3.8) is 0 Å². The van der Waals surface area contributed by atoms with E-state index in [0.29, 0.717) is 22.8 Å². The maximum absolute atomic E-state index is 10.1. The Bertz CT molecular complexity index is 2930. The van der Waals surface area contributed by atoms with Gasteiger partial charge >= 0.3 is 0 Å². The molecule has 0 radical (unpaired) electrons. The molecule has 0 aliphatic carbocycles. The highest BCUT2D eigenvalue weighted by Crippen LogP contribution is 2.45. The predicted molar refractivity (Wildman–Crippen MR) is 221 cm³/mol. The van der Waals surface area contributed by atoms with Crippen LogP contribution in [0.15, 0.2) is 170 Å². The highest BCUT2D eigenvalue weighted by Gasteiger charge is 2.23. The van der Waals surface area contributed by atoms with E-state index >= 15 is 0 Å². The van der Waals surface area contributed by atoms with Crippen LogP contribution in [0, 0.1) is 24.5 Å². The zero-order valence-corrected chi connectivity index (χ0v) is 29.3. The number of nitriles is 1. The van der Waals surface area contributed by atoms with Gasteiger partial charge < -0.3 is 4.57 Å². The molecule has 0 saturated carbocycles. The van der Waals surface area contributed by atoms with Gasteiger partial charge in [-0.1, -0.05) is 115 Å². The van der Waals surface area contributed by atoms with Crippen LogP contribution in [0.4, 0.5) is 11.4 Å². The molecule has 0 unspecified atom stereocenters. The van der Waals surface area contributed by atoms with Crippen molar-refractivity contribution in [3.05, 3.63) is 198 Å². The molecular weight excluding hydrogens is 673 g/mol. The van der Waals surface area contributed by atoms with Crippen LogP contribution in [0.3, 0.4) is 0 Å². The highest BCUT2D eigenvalue weighted by atomic mass is 15.0. The van der Waals surface area contributed by atoms with Crippen molar-refractivity contribution in [2.75, 3.05) is 0 Å². The predicted octanol–water partition coefficient (Wildman–Crippen LogP) is 12.9. The third-order valence-corrected chi connectivity index (χ3v) is 9.83. The molecule has 0 spiro atoms. The Hall–Kier alpha value is -8.11. The summed E-state index contributed by atoms with van der Waals surface area (Å²) >= 11 is 0. The standard InChI is InChI=1S/C49H28N6/c1-51-38-20-12-19-36(26-38)42-28-37(49-53-44(33-14-5-3-6-15-33)30-45(54-49)34-16-7-4-8-17-34)27-41(35-18-11-13-32(25-35)31-50)48(42)55-46-22-10-9-21-40(46)43-29-39(52-2)23-24-47(43)55/h3-30H. The van der Waals surface area contributed by atoms with Gasteiger partial charge in [0.25, 0.3) is 0 Å². The third kappa shape index (κ3) is 5.95. The zero-order valence-electron chi connectivity index (χ0n) is 29.3. The van der Waals surface area contributed by atoms with Crippen LogP contribution in [0.5, 0.6) is 0 Å². The fourth-order valence-electron chi connectivity index (χ4n) is 7.31. The lowest BCUT2D eigenvalue weighted by Crippen LogP contribution is -2.03. The second-order valence-electron chi connectivity index (χ2n) is 13.1. The monoisotopic (exact) mass is 700 g/mol. The van der Waals surface area contributed by atoms with Gasteiger partial charge in [-0.05, 0) is 71.1 Å². The normalized spacial score (nSPS) is 10.9. The Labute approximate surface area is 318 Å². The van der Waals surface area contributed by atoms with E-state index in [1.54, 1.807) is 6.07 Å². The SMILES string of the molecule is [C-]#[N+]c1cccc(-c2cc(-c3nc(-c4ccccc4)cc(-c4ccccc4)n3)cc(-c3cccc(C#N)c3)c2-n2c3ccccc3c3cc([N+]#[C-])ccc32)c1. The third-order valence-electron chi connectivity index (χ3n) is 9.83. The molecule has 0 saturated heterocycles. The molecule has 6 nitrogen and oxygen atoms in total. The van der Waals surface area contributed by atoms with E-state index in [2.05, 4.69) is 44.6 Å². The van der Waals surface area contributed by atoms with Gasteiger partial charge in [-0.3, -0.25) is 0 Å². The first-order chi connectivity index (χ1) is 27.1. The summed E-state index contributed by atoms with van der Waals surface area (Å²) in [6.45, 7) is 15.7. The van der Waals surface area contributed by atoms with Crippen molar-refractivity contribution >= 4 is 33.2 Å².